The number of aliphatic carboxylic acids is 2. The second-order valence-corrected chi connectivity index (χ2v) is 5.89. The van der Waals surface area contributed by atoms with E-state index in [1.807, 2.05) is 0 Å². The van der Waals surface area contributed by atoms with Gasteiger partial charge in [0, 0.05) is 6.04 Å². The van der Waals surface area contributed by atoms with Crippen LogP contribution in [0.25, 0.3) is 0 Å². The highest BCUT2D eigenvalue weighted by Crippen LogP contribution is 2.27. The van der Waals surface area contributed by atoms with Crippen LogP contribution in [-0.4, -0.2) is 58.0 Å². The molecule has 0 saturated heterocycles. The number of carboxylic acid groups (broad SMARTS) is 2. The Kier molecular flexibility index (Phi) is 10.8. The topological polar surface area (TPSA) is 162 Å². The van der Waals surface area contributed by atoms with Gasteiger partial charge in [-0.25, -0.2) is 10.2 Å². The standard InChI is InChI=1S/C12H23N3O4.C2HF3O2/c13-9(6-8-4-2-1-3-5-8)11(18)12(19)15-14-7-10(16)17;3-2(4,5)1(6)7/h8-9,11,14,18H,1-7,13H2,(H,15,19)(H,16,17);(H,6,7)/t9-,11?;/m1./s1. The maximum atomic E-state index is 11.5. The Morgan fingerprint density at radius 2 is 1.62 bits per heavy atom. The van der Waals surface area contributed by atoms with Gasteiger partial charge in [-0.2, -0.15) is 13.2 Å². The van der Waals surface area contributed by atoms with Gasteiger partial charge in [0.15, 0.2) is 0 Å². The van der Waals surface area contributed by atoms with Crippen molar-refractivity contribution in [2.24, 2.45) is 11.7 Å². The van der Waals surface area contributed by atoms with Crippen molar-refractivity contribution >= 4 is 17.8 Å². The van der Waals surface area contributed by atoms with Crippen molar-refractivity contribution < 1.29 is 42.9 Å². The highest BCUT2D eigenvalue weighted by molar-refractivity contribution is 5.81. The molecule has 1 aliphatic carbocycles. The first-order chi connectivity index (χ1) is 11.9. The van der Waals surface area contributed by atoms with Crippen LogP contribution in [0.2, 0.25) is 0 Å². The smallest absolute Gasteiger partial charge is 0.480 e. The van der Waals surface area contributed by atoms with Crippen LogP contribution in [0.15, 0.2) is 0 Å². The number of nitrogens with one attached hydrogen (secondary N) is 2. The summed E-state index contributed by atoms with van der Waals surface area (Å²) in [5.74, 6) is -4.07. The van der Waals surface area contributed by atoms with Gasteiger partial charge in [-0.3, -0.25) is 15.0 Å². The van der Waals surface area contributed by atoms with Crippen molar-refractivity contribution in [2.45, 2.75) is 56.8 Å². The van der Waals surface area contributed by atoms with E-state index in [0.717, 1.165) is 12.8 Å². The molecule has 12 heteroatoms. The predicted molar refractivity (Wildman–Crippen MR) is 82.6 cm³/mol. The molecule has 7 N–H and O–H groups in total. The van der Waals surface area contributed by atoms with Gasteiger partial charge in [-0.15, -0.1) is 0 Å². The maximum absolute atomic E-state index is 11.5. The molecule has 1 aliphatic rings. The zero-order valence-electron chi connectivity index (χ0n) is 14.0. The fourth-order valence-electron chi connectivity index (χ4n) is 2.41. The summed E-state index contributed by atoms with van der Waals surface area (Å²) in [6, 6.07) is -0.616. The average molecular weight is 387 g/mol. The van der Waals surface area contributed by atoms with Gasteiger partial charge in [0.25, 0.3) is 5.91 Å². The van der Waals surface area contributed by atoms with Gasteiger partial charge in [0.05, 0.1) is 0 Å². The molecule has 0 bridgehead atoms. The fraction of sp³-hybridized carbons (Fsp3) is 0.786. The molecule has 0 aromatic heterocycles. The van der Waals surface area contributed by atoms with E-state index in [4.69, 9.17) is 20.7 Å². The fourth-order valence-corrected chi connectivity index (χ4v) is 2.41. The molecule has 0 radical (unpaired) electrons. The average Bonchev–Trinajstić information content (AvgIpc) is 2.54. The van der Waals surface area contributed by atoms with Crippen LogP contribution < -0.4 is 16.6 Å². The molecular weight excluding hydrogens is 363 g/mol. The quantitative estimate of drug-likeness (QED) is 0.332. The summed E-state index contributed by atoms with van der Waals surface area (Å²) < 4.78 is 31.7. The summed E-state index contributed by atoms with van der Waals surface area (Å²) in [7, 11) is 0. The Balaban J connectivity index is 0.000000758. The third-order valence-electron chi connectivity index (χ3n) is 3.70. The molecule has 0 spiro atoms. The highest BCUT2D eigenvalue weighted by atomic mass is 19.4. The molecule has 2 atom stereocenters. The number of halogens is 3. The molecule has 0 aliphatic heterocycles. The summed E-state index contributed by atoms with van der Waals surface area (Å²) in [6.07, 6.45) is 0.0166. The van der Waals surface area contributed by atoms with Crippen LogP contribution in [0.4, 0.5) is 13.2 Å². The Morgan fingerprint density at radius 1 is 1.12 bits per heavy atom. The van der Waals surface area contributed by atoms with Crippen LogP contribution in [0.1, 0.15) is 38.5 Å². The molecular formula is C14H24F3N3O6. The molecule has 1 saturated carbocycles. The number of alkyl halides is 3. The molecule has 1 amide bonds. The van der Waals surface area contributed by atoms with Crippen molar-refractivity contribution in [2.75, 3.05) is 6.54 Å². The van der Waals surface area contributed by atoms with Crippen LogP contribution in [0.5, 0.6) is 0 Å². The first-order valence-corrected chi connectivity index (χ1v) is 7.93. The van der Waals surface area contributed by atoms with Gasteiger partial charge in [0.1, 0.15) is 12.6 Å². The van der Waals surface area contributed by atoms with Crippen molar-refractivity contribution in [3.8, 4) is 0 Å². The largest absolute Gasteiger partial charge is 0.490 e. The second kappa shape index (κ2) is 11.6. The molecule has 26 heavy (non-hydrogen) atoms. The lowest BCUT2D eigenvalue weighted by Crippen LogP contribution is -2.52. The number of aliphatic hydroxyl groups excluding tert-OH is 1. The van der Waals surface area contributed by atoms with Gasteiger partial charge in [0.2, 0.25) is 0 Å². The number of hydrogen-bond acceptors (Lipinski definition) is 6. The van der Waals surface area contributed by atoms with Crippen molar-refractivity contribution in [3.63, 3.8) is 0 Å². The van der Waals surface area contributed by atoms with Gasteiger partial charge >= 0.3 is 18.1 Å². The number of hydrazine groups is 1. The van der Waals surface area contributed by atoms with E-state index in [-0.39, 0.29) is 0 Å². The Morgan fingerprint density at radius 3 is 2.04 bits per heavy atom. The van der Waals surface area contributed by atoms with Crippen molar-refractivity contribution in [3.05, 3.63) is 0 Å². The lowest BCUT2D eigenvalue weighted by atomic mass is 9.84. The molecule has 1 unspecified atom stereocenters. The van der Waals surface area contributed by atoms with Gasteiger partial charge in [-0.05, 0) is 12.3 Å². The third-order valence-corrected chi connectivity index (χ3v) is 3.70. The van der Waals surface area contributed by atoms with E-state index in [1.165, 1.54) is 19.3 Å². The Bertz CT molecular complexity index is 469. The lowest BCUT2D eigenvalue weighted by molar-refractivity contribution is -0.192. The Labute approximate surface area is 147 Å². The predicted octanol–water partition coefficient (Wildman–Crippen LogP) is -0.0163. The molecule has 1 fully saturated rings. The number of nitrogens with two attached hydrogens (primary N) is 1. The molecule has 0 heterocycles. The Hall–Kier alpha value is -1.92. The van der Waals surface area contributed by atoms with Gasteiger partial charge < -0.3 is 21.1 Å². The number of aliphatic hydroxyl groups is 1. The van der Waals surface area contributed by atoms with E-state index >= 15 is 0 Å². The van der Waals surface area contributed by atoms with E-state index in [2.05, 4.69) is 10.9 Å². The number of amides is 1. The molecule has 9 nitrogen and oxygen atoms in total. The zero-order chi connectivity index (χ0) is 20.3. The summed E-state index contributed by atoms with van der Waals surface area (Å²) in [4.78, 5) is 30.7. The molecule has 1 rings (SSSR count). The number of carbonyl (C=O) groups is 3. The van der Waals surface area contributed by atoms with E-state index < -0.39 is 42.7 Å². The monoisotopic (exact) mass is 387 g/mol. The molecule has 152 valence electrons. The zero-order valence-corrected chi connectivity index (χ0v) is 14.0. The normalized spacial score (nSPS) is 17.4. The summed E-state index contributed by atoms with van der Waals surface area (Å²) in [6.45, 7) is -0.406. The first-order valence-electron chi connectivity index (χ1n) is 7.93. The number of carbonyl (C=O) groups excluding carboxylic acids is 1. The van der Waals surface area contributed by atoms with E-state index in [1.54, 1.807) is 0 Å². The second-order valence-electron chi connectivity index (χ2n) is 5.89. The number of rotatable bonds is 7. The lowest BCUT2D eigenvalue weighted by Gasteiger charge is -2.26. The first kappa shape index (κ1) is 24.1. The minimum Gasteiger partial charge on any atom is -0.480 e. The third kappa shape index (κ3) is 10.8. The van der Waals surface area contributed by atoms with Crippen LogP contribution in [-0.2, 0) is 14.4 Å². The molecule has 0 aromatic carbocycles. The SMILES string of the molecule is N[C@H](CC1CCCCC1)C(O)C(=O)NNCC(=O)O.O=C(O)C(F)(F)F. The minimum atomic E-state index is -5.08. The highest BCUT2D eigenvalue weighted by Gasteiger charge is 2.38. The number of carboxylic acids is 2. The van der Waals surface area contributed by atoms with Crippen LogP contribution in [0.3, 0.4) is 0 Å². The van der Waals surface area contributed by atoms with E-state index in [9.17, 15) is 27.9 Å². The number of hydrogen-bond donors (Lipinski definition) is 6. The minimum absolute atomic E-state index is 0.406. The van der Waals surface area contributed by atoms with Crippen molar-refractivity contribution in [1.82, 2.24) is 10.9 Å². The summed E-state index contributed by atoms with van der Waals surface area (Å²) >= 11 is 0. The van der Waals surface area contributed by atoms with E-state index in [0.29, 0.717) is 12.3 Å². The van der Waals surface area contributed by atoms with Crippen LogP contribution >= 0.6 is 0 Å². The van der Waals surface area contributed by atoms with Crippen LogP contribution in [0, 0.1) is 5.92 Å². The maximum Gasteiger partial charge on any atom is 0.490 e. The van der Waals surface area contributed by atoms with Crippen molar-refractivity contribution in [1.29, 1.82) is 0 Å². The van der Waals surface area contributed by atoms with Gasteiger partial charge in [-0.1, -0.05) is 32.1 Å². The summed E-state index contributed by atoms with van der Waals surface area (Å²) in [5, 5.41) is 25.3. The molecule has 0 aromatic rings. The summed E-state index contributed by atoms with van der Waals surface area (Å²) in [5.41, 5.74) is 10.2.